The van der Waals surface area contributed by atoms with E-state index in [0.29, 0.717) is 12.2 Å². The molecule has 3 aromatic rings. The summed E-state index contributed by atoms with van der Waals surface area (Å²) in [5.74, 6) is 3.77. The summed E-state index contributed by atoms with van der Waals surface area (Å²) in [6.07, 6.45) is 7.33. The van der Waals surface area contributed by atoms with E-state index in [-0.39, 0.29) is 18.4 Å². The second-order valence-corrected chi connectivity index (χ2v) is 6.05. The Morgan fingerprint density at radius 3 is 2.69 bits per heavy atom. The summed E-state index contributed by atoms with van der Waals surface area (Å²) in [4.78, 5) is 16.9. The Balaban J connectivity index is 1.69. The molecule has 0 aliphatic carbocycles. The molecule has 2 heterocycles. The van der Waals surface area contributed by atoms with Gasteiger partial charge in [-0.05, 0) is 29.8 Å². The molecule has 1 aliphatic heterocycles. The third kappa shape index (κ3) is 2.93. The van der Waals surface area contributed by atoms with Crippen LogP contribution in [0.1, 0.15) is 23.6 Å². The van der Waals surface area contributed by atoms with Gasteiger partial charge in [0.1, 0.15) is 24.5 Å². The lowest BCUT2D eigenvalue weighted by atomic mass is 9.90. The van der Waals surface area contributed by atoms with Crippen molar-refractivity contribution in [2.24, 2.45) is 0 Å². The van der Waals surface area contributed by atoms with Gasteiger partial charge < -0.3 is 10.1 Å². The molecule has 0 unspecified atom stereocenters. The van der Waals surface area contributed by atoms with Crippen molar-refractivity contribution in [2.75, 3.05) is 11.9 Å². The van der Waals surface area contributed by atoms with Crippen LogP contribution in [0.4, 0.5) is 5.82 Å². The van der Waals surface area contributed by atoms with Gasteiger partial charge in [-0.3, -0.25) is 9.36 Å². The number of ether oxygens (including phenoxy) is 1. The molecule has 1 atom stereocenters. The number of para-hydroxylation sites is 1. The van der Waals surface area contributed by atoms with E-state index in [9.17, 15) is 4.79 Å². The lowest BCUT2D eigenvalue weighted by Gasteiger charge is -2.23. The molecule has 2 aromatic carbocycles. The number of terminal acetylenes is 1. The van der Waals surface area contributed by atoms with Gasteiger partial charge in [0, 0.05) is 18.0 Å². The molecule has 128 valence electrons. The molecule has 0 fully saturated rings. The minimum atomic E-state index is -0.0922. The van der Waals surface area contributed by atoms with Gasteiger partial charge in [0.25, 0.3) is 0 Å². The number of amides is 1. The number of imidazole rings is 1. The van der Waals surface area contributed by atoms with Crippen LogP contribution >= 0.6 is 0 Å². The molecule has 0 saturated heterocycles. The number of aromatic nitrogens is 2. The lowest BCUT2D eigenvalue weighted by molar-refractivity contribution is -0.116. The summed E-state index contributed by atoms with van der Waals surface area (Å²) >= 11 is 0. The average molecular weight is 343 g/mol. The zero-order valence-corrected chi connectivity index (χ0v) is 14.1. The number of hydrogen-bond acceptors (Lipinski definition) is 3. The standard InChI is InChI=1S/C21H17N3O2/c1-2-12-26-17-10-8-15(9-11-17)18-13-19(25)23-21-20(18)22-14-24(21)16-6-4-3-5-7-16/h1,3-11,14,18H,12-13H2,(H,23,25)/t18-/m1/s1. The van der Waals surface area contributed by atoms with E-state index in [1.807, 2.05) is 59.2 Å². The van der Waals surface area contributed by atoms with E-state index < -0.39 is 0 Å². The van der Waals surface area contributed by atoms with Crippen molar-refractivity contribution in [1.82, 2.24) is 9.55 Å². The van der Waals surface area contributed by atoms with Crippen LogP contribution in [-0.2, 0) is 4.79 Å². The fraction of sp³-hybridized carbons (Fsp3) is 0.143. The maximum Gasteiger partial charge on any atom is 0.226 e. The first-order valence-corrected chi connectivity index (χ1v) is 8.35. The molecule has 1 aromatic heterocycles. The Morgan fingerprint density at radius 2 is 1.96 bits per heavy atom. The summed E-state index contributed by atoms with van der Waals surface area (Å²) in [5.41, 5.74) is 2.85. The number of hydrogen-bond donors (Lipinski definition) is 1. The predicted octanol–water partition coefficient (Wildman–Crippen LogP) is 3.36. The molecule has 1 aliphatic rings. The summed E-state index contributed by atoms with van der Waals surface area (Å²) in [6.45, 7) is 0.233. The number of rotatable bonds is 4. The van der Waals surface area contributed by atoms with Crippen molar-refractivity contribution < 1.29 is 9.53 Å². The third-order valence-corrected chi connectivity index (χ3v) is 4.41. The van der Waals surface area contributed by atoms with Crippen LogP contribution in [-0.4, -0.2) is 22.1 Å². The Morgan fingerprint density at radius 1 is 1.19 bits per heavy atom. The normalized spacial score (nSPS) is 15.7. The minimum Gasteiger partial charge on any atom is -0.481 e. The molecule has 26 heavy (non-hydrogen) atoms. The molecule has 0 bridgehead atoms. The number of fused-ring (bicyclic) bond motifs is 1. The fourth-order valence-electron chi connectivity index (χ4n) is 3.19. The van der Waals surface area contributed by atoms with Gasteiger partial charge in [0.05, 0.1) is 5.69 Å². The van der Waals surface area contributed by atoms with Crippen molar-refractivity contribution in [1.29, 1.82) is 0 Å². The van der Waals surface area contributed by atoms with Crippen LogP contribution in [0.15, 0.2) is 60.9 Å². The SMILES string of the molecule is C#CCOc1ccc([C@H]2CC(=O)Nc3c2ncn3-c2ccccc2)cc1. The van der Waals surface area contributed by atoms with Gasteiger partial charge in [-0.2, -0.15) is 0 Å². The Kier molecular flexibility index (Phi) is 4.16. The number of benzene rings is 2. The second-order valence-electron chi connectivity index (χ2n) is 6.05. The molecule has 5 nitrogen and oxygen atoms in total. The molecule has 5 heteroatoms. The Bertz CT molecular complexity index is 969. The van der Waals surface area contributed by atoms with E-state index in [1.54, 1.807) is 6.33 Å². The van der Waals surface area contributed by atoms with E-state index >= 15 is 0 Å². The monoisotopic (exact) mass is 343 g/mol. The first-order valence-electron chi connectivity index (χ1n) is 8.35. The zero-order valence-electron chi connectivity index (χ0n) is 14.1. The van der Waals surface area contributed by atoms with Gasteiger partial charge in [0.2, 0.25) is 5.91 Å². The molecular formula is C21H17N3O2. The fourth-order valence-corrected chi connectivity index (χ4v) is 3.19. The highest BCUT2D eigenvalue weighted by Crippen LogP contribution is 2.37. The van der Waals surface area contributed by atoms with Crippen molar-refractivity contribution in [3.8, 4) is 23.8 Å². The van der Waals surface area contributed by atoms with Gasteiger partial charge in [-0.1, -0.05) is 36.3 Å². The number of carbonyl (C=O) groups is 1. The number of nitrogens with one attached hydrogen (secondary N) is 1. The molecule has 0 radical (unpaired) electrons. The Hall–Kier alpha value is -3.52. The van der Waals surface area contributed by atoms with Gasteiger partial charge >= 0.3 is 0 Å². The first kappa shape index (κ1) is 16.0. The van der Waals surface area contributed by atoms with E-state index in [1.165, 1.54) is 0 Å². The highest BCUT2D eigenvalue weighted by atomic mass is 16.5. The number of anilines is 1. The topological polar surface area (TPSA) is 56.1 Å². The first-order chi connectivity index (χ1) is 12.8. The van der Waals surface area contributed by atoms with Gasteiger partial charge in [-0.15, -0.1) is 6.42 Å². The second kappa shape index (κ2) is 6.77. The van der Waals surface area contributed by atoms with Gasteiger partial charge in [0.15, 0.2) is 0 Å². The van der Waals surface area contributed by atoms with Crippen LogP contribution in [0.3, 0.4) is 0 Å². The molecule has 1 N–H and O–H groups in total. The summed E-state index contributed by atoms with van der Waals surface area (Å²) in [5, 5.41) is 2.96. The van der Waals surface area contributed by atoms with E-state index in [4.69, 9.17) is 11.2 Å². The quantitative estimate of drug-likeness (QED) is 0.739. The van der Waals surface area contributed by atoms with Crippen LogP contribution in [0.5, 0.6) is 5.75 Å². The number of nitrogens with zero attached hydrogens (tertiary/aromatic N) is 2. The molecule has 0 saturated carbocycles. The Labute approximate surface area is 151 Å². The molecule has 4 rings (SSSR count). The predicted molar refractivity (Wildman–Crippen MR) is 99.4 cm³/mol. The van der Waals surface area contributed by atoms with E-state index in [2.05, 4.69) is 16.2 Å². The van der Waals surface area contributed by atoms with Gasteiger partial charge in [-0.25, -0.2) is 4.98 Å². The average Bonchev–Trinajstić information content (AvgIpc) is 3.10. The zero-order chi connectivity index (χ0) is 17.9. The number of carbonyl (C=O) groups excluding carboxylic acids is 1. The highest BCUT2D eigenvalue weighted by molar-refractivity contribution is 5.94. The van der Waals surface area contributed by atoms with Crippen LogP contribution < -0.4 is 10.1 Å². The van der Waals surface area contributed by atoms with Crippen LogP contribution in [0.25, 0.3) is 5.69 Å². The lowest BCUT2D eigenvalue weighted by Crippen LogP contribution is -2.24. The highest BCUT2D eigenvalue weighted by Gasteiger charge is 2.30. The maximum absolute atomic E-state index is 12.3. The van der Waals surface area contributed by atoms with E-state index in [0.717, 1.165) is 22.8 Å². The molecule has 0 spiro atoms. The summed E-state index contributed by atoms with van der Waals surface area (Å²) in [7, 11) is 0. The summed E-state index contributed by atoms with van der Waals surface area (Å²) < 4.78 is 7.32. The third-order valence-electron chi connectivity index (χ3n) is 4.41. The van der Waals surface area contributed by atoms with Crippen molar-refractivity contribution in [3.05, 3.63) is 72.2 Å². The van der Waals surface area contributed by atoms with Crippen molar-refractivity contribution in [3.63, 3.8) is 0 Å². The smallest absolute Gasteiger partial charge is 0.226 e. The molecular weight excluding hydrogens is 326 g/mol. The van der Waals surface area contributed by atoms with Crippen LogP contribution in [0, 0.1) is 12.3 Å². The summed E-state index contributed by atoms with van der Waals surface area (Å²) in [6, 6.07) is 17.5. The molecule has 1 amide bonds. The largest absolute Gasteiger partial charge is 0.481 e. The van der Waals surface area contributed by atoms with Crippen molar-refractivity contribution >= 4 is 11.7 Å². The maximum atomic E-state index is 12.3. The minimum absolute atomic E-state index is 0.0205. The van der Waals surface area contributed by atoms with Crippen LogP contribution in [0.2, 0.25) is 0 Å². The van der Waals surface area contributed by atoms with Crippen molar-refractivity contribution in [2.45, 2.75) is 12.3 Å².